The van der Waals surface area contributed by atoms with Gasteiger partial charge in [-0.25, -0.2) is 4.79 Å². The van der Waals surface area contributed by atoms with E-state index in [9.17, 15) is 14.9 Å². The Morgan fingerprint density at radius 2 is 1.80 bits per heavy atom. The Morgan fingerprint density at radius 3 is 2.40 bits per heavy atom. The number of hydrogen-bond donors (Lipinski definition) is 1. The van der Waals surface area contributed by atoms with E-state index in [1.807, 2.05) is 0 Å². The predicted octanol–water partition coefficient (Wildman–Crippen LogP) is 2.88. The van der Waals surface area contributed by atoms with E-state index in [0.29, 0.717) is 17.2 Å². The molecule has 132 valence electrons. The first-order valence-corrected chi connectivity index (χ1v) is 7.45. The number of carbonyl (C=O) groups excluding carboxylic acids is 1. The first-order valence-electron chi connectivity index (χ1n) is 7.45. The van der Waals surface area contributed by atoms with E-state index in [4.69, 9.17) is 14.2 Å². The third kappa shape index (κ3) is 4.84. The number of hydrogen-bond acceptors (Lipinski definition) is 7. The van der Waals surface area contributed by atoms with Crippen molar-refractivity contribution in [3.8, 4) is 11.5 Å². The number of nitrogens with one attached hydrogen (secondary N) is 1. The van der Waals surface area contributed by atoms with Crippen LogP contribution in [0.15, 0.2) is 42.5 Å². The van der Waals surface area contributed by atoms with Gasteiger partial charge in [0.05, 0.1) is 17.6 Å². The molecule has 0 radical (unpaired) electrons. The van der Waals surface area contributed by atoms with Crippen molar-refractivity contribution in [2.75, 3.05) is 32.7 Å². The van der Waals surface area contributed by atoms with Gasteiger partial charge < -0.3 is 19.5 Å². The molecule has 1 N–H and O–H groups in total. The van der Waals surface area contributed by atoms with Crippen molar-refractivity contribution in [2.45, 2.75) is 0 Å². The number of esters is 1. The van der Waals surface area contributed by atoms with Crippen LogP contribution in [0.3, 0.4) is 0 Å². The number of methoxy groups -OCH3 is 1. The van der Waals surface area contributed by atoms with E-state index < -0.39 is 10.9 Å². The van der Waals surface area contributed by atoms with E-state index in [1.165, 1.54) is 18.2 Å². The van der Waals surface area contributed by atoms with Crippen LogP contribution in [-0.2, 0) is 4.74 Å². The maximum Gasteiger partial charge on any atom is 0.338 e. The van der Waals surface area contributed by atoms with Gasteiger partial charge in [0, 0.05) is 13.1 Å². The van der Waals surface area contributed by atoms with Gasteiger partial charge in [-0.1, -0.05) is 0 Å². The molecule has 0 saturated carbocycles. The van der Waals surface area contributed by atoms with Crippen LogP contribution in [0.25, 0.3) is 0 Å². The van der Waals surface area contributed by atoms with Crippen molar-refractivity contribution in [3.05, 3.63) is 58.1 Å². The first kappa shape index (κ1) is 18.1. The second-order valence-electron chi connectivity index (χ2n) is 4.90. The van der Waals surface area contributed by atoms with Crippen LogP contribution in [0.1, 0.15) is 10.4 Å². The predicted molar refractivity (Wildman–Crippen MR) is 91.4 cm³/mol. The smallest absolute Gasteiger partial charge is 0.338 e. The van der Waals surface area contributed by atoms with Gasteiger partial charge >= 0.3 is 5.97 Å². The Kier molecular flexibility index (Phi) is 6.16. The molecule has 2 rings (SSSR count). The lowest BCUT2D eigenvalue weighted by atomic mass is 10.1. The monoisotopic (exact) mass is 346 g/mol. The molecule has 0 bridgehead atoms. The summed E-state index contributed by atoms with van der Waals surface area (Å²) in [5.41, 5.74) is 0.242. The number of rotatable bonds is 8. The molecule has 0 heterocycles. The Hall–Kier alpha value is -3.29. The molecule has 0 saturated heterocycles. The zero-order valence-electron chi connectivity index (χ0n) is 13.9. The summed E-state index contributed by atoms with van der Waals surface area (Å²) in [4.78, 5) is 22.4. The summed E-state index contributed by atoms with van der Waals surface area (Å²) in [6, 6.07) is 11.1. The topological polar surface area (TPSA) is 99.9 Å². The Bertz CT molecular complexity index is 745. The minimum absolute atomic E-state index is 0.0203. The molecule has 0 unspecified atom stereocenters. The highest BCUT2D eigenvalue weighted by Gasteiger charge is 2.17. The molecule has 0 aromatic heterocycles. The fourth-order valence-corrected chi connectivity index (χ4v) is 2.07. The second-order valence-corrected chi connectivity index (χ2v) is 4.90. The maximum atomic E-state index is 12.0. The molecule has 8 nitrogen and oxygen atoms in total. The number of nitrogens with zero attached hydrogens (tertiary/aromatic N) is 1. The largest absolute Gasteiger partial charge is 0.497 e. The first-order chi connectivity index (χ1) is 12.0. The normalized spacial score (nSPS) is 10.0. The van der Waals surface area contributed by atoms with E-state index in [2.05, 4.69) is 5.32 Å². The van der Waals surface area contributed by atoms with Crippen LogP contribution >= 0.6 is 0 Å². The number of nitro groups is 1. The molecule has 0 aliphatic carbocycles. The zero-order chi connectivity index (χ0) is 18.2. The maximum absolute atomic E-state index is 12.0. The van der Waals surface area contributed by atoms with Crippen LogP contribution in [0.5, 0.6) is 11.5 Å². The molecule has 0 fully saturated rings. The molecule has 0 aliphatic rings. The number of ether oxygens (including phenoxy) is 3. The minimum atomic E-state index is -0.649. The molecule has 2 aromatic carbocycles. The lowest BCUT2D eigenvalue weighted by Gasteiger charge is -2.09. The van der Waals surface area contributed by atoms with Gasteiger partial charge in [-0.2, -0.15) is 0 Å². The summed E-state index contributed by atoms with van der Waals surface area (Å²) in [6.45, 7) is 0.182. The van der Waals surface area contributed by atoms with Crippen molar-refractivity contribution in [1.29, 1.82) is 0 Å². The molecule has 2 aromatic rings. The van der Waals surface area contributed by atoms with Crippen LogP contribution < -0.4 is 14.8 Å². The molecular weight excluding hydrogens is 328 g/mol. The van der Waals surface area contributed by atoms with Gasteiger partial charge in [-0.05, 0) is 36.4 Å². The fourth-order valence-electron chi connectivity index (χ4n) is 2.07. The van der Waals surface area contributed by atoms with Gasteiger partial charge in [0.1, 0.15) is 30.4 Å². The van der Waals surface area contributed by atoms with Crippen molar-refractivity contribution in [3.63, 3.8) is 0 Å². The SMILES string of the molecule is CNc1ccc(C(=O)OCCOc2ccc(OC)cc2)cc1[N+](=O)[O-]. The Morgan fingerprint density at radius 1 is 1.12 bits per heavy atom. The van der Waals surface area contributed by atoms with Crippen LogP contribution in [0, 0.1) is 10.1 Å². The fraction of sp³-hybridized carbons (Fsp3) is 0.235. The number of carbonyl (C=O) groups is 1. The van der Waals surface area contributed by atoms with Crippen molar-refractivity contribution in [2.24, 2.45) is 0 Å². The van der Waals surface area contributed by atoms with Crippen LogP contribution in [0.2, 0.25) is 0 Å². The van der Waals surface area contributed by atoms with Crippen LogP contribution in [0.4, 0.5) is 11.4 Å². The molecular formula is C17H18N2O6. The van der Waals surface area contributed by atoms with Crippen LogP contribution in [-0.4, -0.2) is 38.3 Å². The van der Waals surface area contributed by atoms with E-state index in [-0.39, 0.29) is 24.5 Å². The lowest BCUT2D eigenvalue weighted by molar-refractivity contribution is -0.384. The average Bonchev–Trinajstić information content (AvgIpc) is 2.64. The standard InChI is InChI=1S/C17H18N2O6/c1-18-15-8-3-12(11-16(15)19(21)22)17(20)25-10-9-24-14-6-4-13(23-2)5-7-14/h3-8,11,18H,9-10H2,1-2H3. The number of benzene rings is 2. The Labute approximate surface area is 144 Å². The highest BCUT2D eigenvalue weighted by atomic mass is 16.6. The summed E-state index contributed by atoms with van der Waals surface area (Å²) < 4.78 is 15.6. The summed E-state index contributed by atoms with van der Waals surface area (Å²) in [5, 5.41) is 13.7. The quantitative estimate of drug-likeness (QED) is 0.339. The highest BCUT2D eigenvalue weighted by Crippen LogP contribution is 2.25. The molecule has 0 atom stereocenters. The van der Waals surface area contributed by atoms with Gasteiger partial charge in [0.15, 0.2) is 0 Å². The molecule has 8 heteroatoms. The summed E-state index contributed by atoms with van der Waals surface area (Å²) in [5.74, 6) is 0.681. The highest BCUT2D eigenvalue weighted by molar-refractivity contribution is 5.91. The van der Waals surface area contributed by atoms with E-state index in [0.717, 1.165) is 0 Å². The zero-order valence-corrected chi connectivity index (χ0v) is 13.9. The van der Waals surface area contributed by atoms with Crippen molar-refractivity contribution in [1.82, 2.24) is 0 Å². The minimum Gasteiger partial charge on any atom is -0.497 e. The molecule has 0 spiro atoms. The molecule has 25 heavy (non-hydrogen) atoms. The van der Waals surface area contributed by atoms with Gasteiger partial charge in [0.25, 0.3) is 5.69 Å². The Balaban J connectivity index is 1.87. The molecule has 0 aliphatic heterocycles. The van der Waals surface area contributed by atoms with E-state index in [1.54, 1.807) is 38.4 Å². The lowest BCUT2D eigenvalue weighted by Crippen LogP contribution is -2.12. The second kappa shape index (κ2) is 8.53. The summed E-state index contributed by atoms with van der Waals surface area (Å²) >= 11 is 0. The third-order valence-corrected chi connectivity index (χ3v) is 3.34. The van der Waals surface area contributed by atoms with Crippen molar-refractivity contribution < 1.29 is 23.9 Å². The van der Waals surface area contributed by atoms with Gasteiger partial charge in [-0.15, -0.1) is 0 Å². The van der Waals surface area contributed by atoms with Crippen molar-refractivity contribution >= 4 is 17.3 Å². The summed E-state index contributed by atoms with van der Waals surface area (Å²) in [6.07, 6.45) is 0. The van der Waals surface area contributed by atoms with E-state index >= 15 is 0 Å². The summed E-state index contributed by atoms with van der Waals surface area (Å²) in [7, 11) is 3.14. The number of anilines is 1. The number of nitro benzene ring substituents is 1. The van der Waals surface area contributed by atoms with Gasteiger partial charge in [-0.3, -0.25) is 10.1 Å². The molecule has 0 amide bonds. The third-order valence-electron chi connectivity index (χ3n) is 3.34. The average molecular weight is 346 g/mol. The van der Waals surface area contributed by atoms with Gasteiger partial charge in [0.2, 0.25) is 0 Å².